The van der Waals surface area contributed by atoms with Gasteiger partial charge in [0.05, 0.1) is 11.1 Å². The maximum atomic E-state index is 12.6. The van der Waals surface area contributed by atoms with Crippen LogP contribution in [0.5, 0.6) is 11.5 Å². The van der Waals surface area contributed by atoms with E-state index in [1.165, 1.54) is 0 Å². The van der Waals surface area contributed by atoms with Gasteiger partial charge in [0.1, 0.15) is 11.5 Å². The van der Waals surface area contributed by atoms with Gasteiger partial charge in [-0.1, -0.05) is 51.8 Å². The molecule has 0 amide bonds. The largest absolute Gasteiger partial charge is 0.452 e. The molecule has 0 fully saturated rings. The fourth-order valence-corrected chi connectivity index (χ4v) is 3.22. The molecule has 1 aliphatic heterocycles. The van der Waals surface area contributed by atoms with Crippen LogP contribution in [0.25, 0.3) is 6.08 Å². The average molecular weight is 435 g/mol. The third kappa shape index (κ3) is 3.62. The van der Waals surface area contributed by atoms with Crippen molar-refractivity contribution in [1.82, 2.24) is 0 Å². The minimum absolute atomic E-state index is 0.206. The Kier molecular flexibility index (Phi) is 4.84. The number of halogens is 1. The molecular weight excluding hydrogens is 420 g/mol. The average Bonchev–Trinajstić information content (AvgIpc) is 2.99. The Morgan fingerprint density at radius 2 is 1.79 bits per heavy atom. The molecule has 0 bridgehead atoms. The van der Waals surface area contributed by atoms with Crippen molar-refractivity contribution in [2.75, 3.05) is 0 Å². The second-order valence-corrected chi connectivity index (χ2v) is 7.23. The van der Waals surface area contributed by atoms with E-state index < -0.39 is 5.97 Å². The van der Waals surface area contributed by atoms with Gasteiger partial charge >= 0.3 is 5.97 Å². The second-order valence-electron chi connectivity index (χ2n) is 6.37. The van der Waals surface area contributed by atoms with Crippen LogP contribution in [0.15, 0.2) is 77.0 Å². The van der Waals surface area contributed by atoms with Crippen LogP contribution in [0, 0.1) is 6.92 Å². The van der Waals surface area contributed by atoms with Gasteiger partial charge in [0, 0.05) is 10.5 Å². The Morgan fingerprint density at radius 1 is 1.04 bits per heavy atom. The predicted molar refractivity (Wildman–Crippen MR) is 110 cm³/mol. The molecule has 3 aromatic rings. The normalized spacial score (nSPS) is 13.9. The molecule has 0 aliphatic carbocycles. The van der Waals surface area contributed by atoms with Gasteiger partial charge in [-0.15, -0.1) is 0 Å². The molecule has 0 atom stereocenters. The highest BCUT2D eigenvalue weighted by molar-refractivity contribution is 9.10. The molecule has 0 spiro atoms. The molecule has 0 N–H and O–H groups in total. The molecule has 0 radical (unpaired) electrons. The van der Waals surface area contributed by atoms with Crippen molar-refractivity contribution in [1.29, 1.82) is 0 Å². The van der Waals surface area contributed by atoms with Gasteiger partial charge in [-0.2, -0.15) is 0 Å². The maximum absolute atomic E-state index is 12.6. The number of hydrogen-bond acceptors (Lipinski definition) is 4. The number of Topliss-reactive ketones (excluding diaryl/α,β-unsaturated/α-hetero) is 1. The number of allylic oxidation sites excluding steroid dienone is 1. The summed E-state index contributed by atoms with van der Waals surface area (Å²) in [6, 6.07) is 19.4. The number of aryl methyl sites for hydroxylation is 1. The number of benzene rings is 3. The number of rotatable bonds is 3. The summed E-state index contributed by atoms with van der Waals surface area (Å²) in [5.74, 6) is 0.246. The first-order valence-corrected chi connectivity index (χ1v) is 9.42. The lowest BCUT2D eigenvalue weighted by Gasteiger charge is -2.06. The van der Waals surface area contributed by atoms with Crippen LogP contribution in [0.1, 0.15) is 31.8 Å². The van der Waals surface area contributed by atoms with Crippen LogP contribution < -0.4 is 9.47 Å². The first kappa shape index (κ1) is 18.2. The van der Waals surface area contributed by atoms with Crippen molar-refractivity contribution in [3.05, 3.63) is 99.2 Å². The molecule has 0 saturated carbocycles. The Balaban J connectivity index is 1.56. The van der Waals surface area contributed by atoms with Gasteiger partial charge in [0.15, 0.2) is 5.76 Å². The molecule has 138 valence electrons. The molecule has 1 aliphatic rings. The third-order valence-corrected chi connectivity index (χ3v) is 5.05. The van der Waals surface area contributed by atoms with E-state index in [0.29, 0.717) is 22.6 Å². The van der Waals surface area contributed by atoms with Gasteiger partial charge in [-0.3, -0.25) is 4.79 Å². The first-order valence-electron chi connectivity index (χ1n) is 8.63. The lowest BCUT2D eigenvalue weighted by molar-refractivity contribution is 0.0734. The smallest absolute Gasteiger partial charge is 0.343 e. The van der Waals surface area contributed by atoms with Crippen LogP contribution >= 0.6 is 15.9 Å². The summed E-state index contributed by atoms with van der Waals surface area (Å²) in [5, 5.41) is 0. The zero-order valence-corrected chi connectivity index (χ0v) is 16.5. The van der Waals surface area contributed by atoms with Gasteiger partial charge in [0.25, 0.3) is 0 Å². The molecule has 28 heavy (non-hydrogen) atoms. The maximum Gasteiger partial charge on any atom is 0.343 e. The van der Waals surface area contributed by atoms with Crippen LogP contribution in [-0.4, -0.2) is 11.8 Å². The summed E-state index contributed by atoms with van der Waals surface area (Å²) < 4.78 is 12.0. The number of ether oxygens (including phenoxy) is 2. The number of esters is 1. The zero-order valence-electron chi connectivity index (χ0n) is 14.9. The SMILES string of the molecule is Cc1ccc(C(=O)Oc2ccc3c(c2)OC(=Cc2ccccc2Br)C3=O)cc1. The van der Waals surface area contributed by atoms with E-state index in [2.05, 4.69) is 15.9 Å². The minimum Gasteiger partial charge on any atom is -0.452 e. The van der Waals surface area contributed by atoms with E-state index in [1.807, 2.05) is 43.3 Å². The monoisotopic (exact) mass is 434 g/mol. The molecule has 0 aromatic heterocycles. The van der Waals surface area contributed by atoms with Crippen LogP contribution in [0.2, 0.25) is 0 Å². The molecule has 4 nitrogen and oxygen atoms in total. The molecule has 4 rings (SSSR count). The number of hydrogen-bond donors (Lipinski definition) is 0. The summed E-state index contributed by atoms with van der Waals surface area (Å²) in [7, 11) is 0. The summed E-state index contributed by atoms with van der Waals surface area (Å²) >= 11 is 3.46. The Morgan fingerprint density at radius 3 is 2.54 bits per heavy atom. The van der Waals surface area contributed by atoms with E-state index in [9.17, 15) is 9.59 Å². The Labute approximate surface area is 170 Å². The second kappa shape index (κ2) is 7.44. The molecule has 5 heteroatoms. The summed E-state index contributed by atoms with van der Waals surface area (Å²) in [6.07, 6.45) is 1.68. The van der Waals surface area contributed by atoms with Crippen LogP contribution in [0.4, 0.5) is 0 Å². The minimum atomic E-state index is -0.465. The highest BCUT2D eigenvalue weighted by Gasteiger charge is 2.28. The van der Waals surface area contributed by atoms with Crippen molar-refractivity contribution in [3.63, 3.8) is 0 Å². The number of carbonyl (C=O) groups is 2. The van der Waals surface area contributed by atoms with Crippen molar-refractivity contribution in [2.24, 2.45) is 0 Å². The molecule has 0 saturated heterocycles. The van der Waals surface area contributed by atoms with Crippen molar-refractivity contribution < 1.29 is 19.1 Å². The number of fused-ring (bicyclic) bond motifs is 1. The molecule has 3 aromatic carbocycles. The van der Waals surface area contributed by atoms with Gasteiger partial charge < -0.3 is 9.47 Å². The fourth-order valence-electron chi connectivity index (χ4n) is 2.82. The molecule has 0 unspecified atom stereocenters. The van der Waals surface area contributed by atoms with Crippen LogP contribution in [0.3, 0.4) is 0 Å². The van der Waals surface area contributed by atoms with E-state index in [0.717, 1.165) is 15.6 Å². The predicted octanol–water partition coefficient (Wildman–Crippen LogP) is 5.59. The molecule has 1 heterocycles. The fraction of sp³-hybridized carbons (Fsp3) is 0.0435. The third-order valence-electron chi connectivity index (χ3n) is 4.33. The number of carbonyl (C=O) groups excluding carboxylic acids is 2. The van der Waals surface area contributed by atoms with E-state index >= 15 is 0 Å². The summed E-state index contributed by atoms with van der Waals surface area (Å²) in [6.45, 7) is 1.95. The lowest BCUT2D eigenvalue weighted by atomic mass is 10.1. The van der Waals surface area contributed by atoms with Crippen molar-refractivity contribution >= 4 is 33.8 Å². The summed E-state index contributed by atoms with van der Waals surface area (Å²) in [5.41, 5.74) is 2.79. The quantitative estimate of drug-likeness (QED) is 0.306. The lowest BCUT2D eigenvalue weighted by Crippen LogP contribution is -2.08. The molecular formula is C23H15BrO4. The van der Waals surface area contributed by atoms with Crippen molar-refractivity contribution in [2.45, 2.75) is 6.92 Å². The number of ketones is 1. The standard InChI is InChI=1S/C23H15BrO4/c1-14-6-8-15(9-7-14)23(26)27-17-10-11-18-20(13-17)28-21(22(18)25)12-16-4-2-3-5-19(16)24/h2-13H,1H3. The Hall–Kier alpha value is -3.18. The highest BCUT2D eigenvalue weighted by atomic mass is 79.9. The zero-order chi connectivity index (χ0) is 19.7. The van der Waals surface area contributed by atoms with Gasteiger partial charge in [0.2, 0.25) is 5.78 Å². The van der Waals surface area contributed by atoms with E-state index in [-0.39, 0.29) is 11.5 Å². The van der Waals surface area contributed by atoms with E-state index in [1.54, 1.807) is 36.4 Å². The summed E-state index contributed by atoms with van der Waals surface area (Å²) in [4.78, 5) is 24.9. The van der Waals surface area contributed by atoms with Crippen LogP contribution in [-0.2, 0) is 0 Å². The first-order chi connectivity index (χ1) is 13.5. The van der Waals surface area contributed by atoms with E-state index in [4.69, 9.17) is 9.47 Å². The van der Waals surface area contributed by atoms with Gasteiger partial charge in [-0.05, 0) is 48.9 Å². The topological polar surface area (TPSA) is 52.6 Å². The highest BCUT2D eigenvalue weighted by Crippen LogP contribution is 2.35. The van der Waals surface area contributed by atoms with Crippen molar-refractivity contribution in [3.8, 4) is 11.5 Å². The van der Waals surface area contributed by atoms with Gasteiger partial charge in [-0.25, -0.2) is 4.79 Å². The Bertz CT molecular complexity index is 1110.